The van der Waals surface area contributed by atoms with Gasteiger partial charge < -0.3 is 10.1 Å². The molecule has 0 aromatic heterocycles. The summed E-state index contributed by atoms with van der Waals surface area (Å²) >= 11 is 0. The van der Waals surface area contributed by atoms with Crippen molar-refractivity contribution >= 4 is 5.91 Å². The third-order valence-electron chi connectivity index (χ3n) is 4.08. The lowest BCUT2D eigenvalue weighted by atomic mass is 9.96. The van der Waals surface area contributed by atoms with Gasteiger partial charge in [-0.05, 0) is 35.7 Å². The highest BCUT2D eigenvalue weighted by atomic mass is 19.4. The Labute approximate surface area is 141 Å². The summed E-state index contributed by atoms with van der Waals surface area (Å²) in [6.07, 6.45) is -4.23. The molecule has 2 aromatic carbocycles. The van der Waals surface area contributed by atoms with Crippen LogP contribution < -0.4 is 10.1 Å². The normalized spacial score (nSPS) is 16.7. The largest absolute Gasteiger partial charge is 0.492 e. The molecule has 0 radical (unpaired) electrons. The molecule has 7 heteroatoms. The Morgan fingerprint density at radius 3 is 2.72 bits per heavy atom. The zero-order chi connectivity index (χ0) is 18.0. The van der Waals surface area contributed by atoms with Crippen LogP contribution in [-0.2, 0) is 23.9 Å². The maximum atomic E-state index is 13.1. The fourth-order valence-corrected chi connectivity index (χ4v) is 2.79. The van der Waals surface area contributed by atoms with Crippen LogP contribution in [-0.4, -0.2) is 12.5 Å². The maximum absolute atomic E-state index is 13.1. The van der Waals surface area contributed by atoms with Crippen molar-refractivity contribution in [3.63, 3.8) is 0 Å². The molecule has 1 aliphatic heterocycles. The number of hydrogen-bond acceptors (Lipinski definition) is 2. The van der Waals surface area contributed by atoms with Crippen molar-refractivity contribution in [2.24, 2.45) is 5.92 Å². The SMILES string of the molecule is O=C(NCc1ccc(F)cc1C(F)(F)F)C1COc2ccccc2C1. The van der Waals surface area contributed by atoms with Gasteiger partial charge in [-0.15, -0.1) is 0 Å². The lowest BCUT2D eigenvalue weighted by molar-refractivity contribution is -0.138. The predicted molar refractivity (Wildman–Crippen MR) is 82.4 cm³/mol. The van der Waals surface area contributed by atoms with E-state index in [9.17, 15) is 22.4 Å². The first-order valence-corrected chi connectivity index (χ1v) is 7.68. The van der Waals surface area contributed by atoms with Crippen LogP contribution in [0.3, 0.4) is 0 Å². The summed E-state index contributed by atoms with van der Waals surface area (Å²) < 4.78 is 57.5. The Balaban J connectivity index is 1.68. The number of carbonyl (C=O) groups is 1. The summed E-state index contributed by atoms with van der Waals surface area (Å²) in [5.41, 5.74) is -0.385. The Morgan fingerprint density at radius 1 is 1.20 bits per heavy atom. The number of rotatable bonds is 3. The summed E-state index contributed by atoms with van der Waals surface area (Å²) in [6, 6.07) is 9.71. The zero-order valence-corrected chi connectivity index (χ0v) is 13.1. The Hall–Kier alpha value is -2.57. The van der Waals surface area contributed by atoms with Crippen LogP contribution in [0.1, 0.15) is 16.7 Å². The second-order valence-corrected chi connectivity index (χ2v) is 5.84. The molecule has 132 valence electrons. The second-order valence-electron chi connectivity index (χ2n) is 5.84. The molecular weight excluding hydrogens is 338 g/mol. The number of hydrogen-bond donors (Lipinski definition) is 1. The Kier molecular flexibility index (Phi) is 4.65. The standard InChI is InChI=1S/C18H15F4NO2/c19-14-6-5-12(15(8-14)18(20,21)22)9-23-17(24)13-7-11-3-1-2-4-16(11)25-10-13/h1-6,8,13H,7,9-10H2,(H,23,24). The van der Waals surface area contributed by atoms with Crippen molar-refractivity contribution in [2.75, 3.05) is 6.61 Å². The molecule has 0 aliphatic carbocycles. The number of alkyl halides is 3. The van der Waals surface area contributed by atoms with E-state index in [1.807, 2.05) is 18.2 Å². The van der Waals surface area contributed by atoms with E-state index >= 15 is 0 Å². The van der Waals surface area contributed by atoms with E-state index < -0.39 is 29.4 Å². The van der Waals surface area contributed by atoms with Crippen molar-refractivity contribution in [1.82, 2.24) is 5.32 Å². The number of para-hydroxylation sites is 1. The third kappa shape index (κ3) is 3.92. The highest BCUT2D eigenvalue weighted by molar-refractivity contribution is 5.79. The number of carbonyl (C=O) groups excluding carboxylic acids is 1. The smallest absolute Gasteiger partial charge is 0.416 e. The van der Waals surface area contributed by atoms with Gasteiger partial charge in [0.25, 0.3) is 0 Å². The molecule has 0 saturated heterocycles. The molecule has 1 atom stereocenters. The van der Waals surface area contributed by atoms with Gasteiger partial charge in [-0.25, -0.2) is 4.39 Å². The van der Waals surface area contributed by atoms with E-state index in [-0.39, 0.29) is 18.7 Å². The van der Waals surface area contributed by atoms with Crippen LogP contribution >= 0.6 is 0 Å². The minimum atomic E-state index is -4.69. The van der Waals surface area contributed by atoms with Gasteiger partial charge in [0.15, 0.2) is 0 Å². The van der Waals surface area contributed by atoms with Gasteiger partial charge in [0.2, 0.25) is 5.91 Å². The first-order valence-electron chi connectivity index (χ1n) is 7.68. The third-order valence-corrected chi connectivity index (χ3v) is 4.08. The van der Waals surface area contributed by atoms with Gasteiger partial charge in [-0.3, -0.25) is 4.79 Å². The molecule has 0 saturated carbocycles. The number of halogens is 4. The van der Waals surface area contributed by atoms with Gasteiger partial charge in [-0.1, -0.05) is 24.3 Å². The molecule has 1 aliphatic rings. The molecule has 1 unspecified atom stereocenters. The number of ether oxygens (including phenoxy) is 1. The summed E-state index contributed by atoms with van der Waals surface area (Å²) in [4.78, 5) is 12.3. The van der Waals surface area contributed by atoms with E-state index in [2.05, 4.69) is 5.32 Å². The monoisotopic (exact) mass is 353 g/mol. The second kappa shape index (κ2) is 6.74. The fourth-order valence-electron chi connectivity index (χ4n) is 2.79. The van der Waals surface area contributed by atoms with Gasteiger partial charge in [-0.2, -0.15) is 13.2 Å². The first kappa shape index (κ1) is 17.3. The molecule has 2 aromatic rings. The maximum Gasteiger partial charge on any atom is 0.416 e. The molecular formula is C18H15F4NO2. The van der Waals surface area contributed by atoms with Crippen LogP contribution in [0.25, 0.3) is 0 Å². The fraction of sp³-hybridized carbons (Fsp3) is 0.278. The number of benzene rings is 2. The molecule has 0 spiro atoms. The molecule has 1 heterocycles. The van der Waals surface area contributed by atoms with Crippen LogP contribution in [0.2, 0.25) is 0 Å². The highest BCUT2D eigenvalue weighted by Crippen LogP contribution is 2.32. The molecule has 25 heavy (non-hydrogen) atoms. The van der Waals surface area contributed by atoms with Gasteiger partial charge in [0.1, 0.15) is 18.2 Å². The molecule has 1 amide bonds. The van der Waals surface area contributed by atoms with E-state index in [0.29, 0.717) is 18.2 Å². The summed E-state index contributed by atoms with van der Waals surface area (Å²) in [6.45, 7) is -0.162. The van der Waals surface area contributed by atoms with E-state index in [1.165, 1.54) is 0 Å². The van der Waals surface area contributed by atoms with E-state index in [4.69, 9.17) is 4.74 Å². The Morgan fingerprint density at radius 2 is 1.96 bits per heavy atom. The van der Waals surface area contributed by atoms with Gasteiger partial charge >= 0.3 is 6.18 Å². The molecule has 0 bridgehead atoms. The van der Waals surface area contributed by atoms with Crippen molar-refractivity contribution < 1.29 is 27.1 Å². The minimum absolute atomic E-state index is 0.165. The lowest BCUT2D eigenvalue weighted by Crippen LogP contribution is -2.37. The summed E-state index contributed by atoms with van der Waals surface area (Å²) in [5.74, 6) is -1.14. The topological polar surface area (TPSA) is 38.3 Å². The molecule has 3 rings (SSSR count). The average Bonchev–Trinajstić information content (AvgIpc) is 2.59. The Bertz CT molecular complexity index is 789. The number of nitrogens with one attached hydrogen (secondary N) is 1. The minimum Gasteiger partial charge on any atom is -0.492 e. The molecule has 3 nitrogen and oxygen atoms in total. The number of fused-ring (bicyclic) bond motifs is 1. The summed E-state index contributed by atoms with van der Waals surface area (Å²) in [5, 5.41) is 2.49. The van der Waals surface area contributed by atoms with E-state index in [0.717, 1.165) is 17.7 Å². The van der Waals surface area contributed by atoms with Crippen LogP contribution in [0.15, 0.2) is 42.5 Å². The molecule has 1 N–H and O–H groups in total. The quantitative estimate of drug-likeness (QED) is 0.855. The summed E-state index contributed by atoms with van der Waals surface area (Å²) in [7, 11) is 0. The van der Waals surface area contributed by atoms with Gasteiger partial charge in [0.05, 0.1) is 11.5 Å². The predicted octanol–water partition coefficient (Wildman–Crippen LogP) is 3.71. The average molecular weight is 353 g/mol. The molecule has 0 fully saturated rings. The van der Waals surface area contributed by atoms with Crippen molar-refractivity contribution in [3.05, 3.63) is 65.0 Å². The van der Waals surface area contributed by atoms with E-state index in [1.54, 1.807) is 6.07 Å². The van der Waals surface area contributed by atoms with Gasteiger partial charge in [0, 0.05) is 6.54 Å². The zero-order valence-electron chi connectivity index (χ0n) is 13.1. The first-order chi connectivity index (χ1) is 11.8. The number of amides is 1. The van der Waals surface area contributed by atoms with Crippen LogP contribution in [0, 0.1) is 11.7 Å². The van der Waals surface area contributed by atoms with Crippen molar-refractivity contribution in [3.8, 4) is 5.75 Å². The lowest BCUT2D eigenvalue weighted by Gasteiger charge is -2.24. The highest BCUT2D eigenvalue weighted by Gasteiger charge is 2.34. The van der Waals surface area contributed by atoms with Crippen molar-refractivity contribution in [2.45, 2.75) is 19.1 Å². The van der Waals surface area contributed by atoms with Crippen LogP contribution in [0.4, 0.5) is 17.6 Å². The van der Waals surface area contributed by atoms with Crippen LogP contribution in [0.5, 0.6) is 5.75 Å². The van der Waals surface area contributed by atoms with Crippen molar-refractivity contribution in [1.29, 1.82) is 0 Å².